The number of aromatic nitrogens is 1. The van der Waals surface area contributed by atoms with E-state index in [1.165, 1.54) is 23.3 Å². The maximum absolute atomic E-state index is 12.6. The molecule has 0 amide bonds. The molecule has 4 nitrogen and oxygen atoms in total. The molecule has 0 radical (unpaired) electrons. The molecule has 4 aromatic rings. The number of benzene rings is 3. The molecule has 5 rings (SSSR count). The van der Waals surface area contributed by atoms with Crippen molar-refractivity contribution in [3.63, 3.8) is 0 Å². The molecule has 0 aliphatic carbocycles. The van der Waals surface area contributed by atoms with Crippen molar-refractivity contribution < 1.29 is 17.9 Å². The highest BCUT2D eigenvalue weighted by Gasteiger charge is 2.31. The first-order valence-corrected chi connectivity index (χ1v) is 13.8. The van der Waals surface area contributed by atoms with Gasteiger partial charge in [-0.15, -0.1) is 13.2 Å². The molecular formula is C31H33ClF3N3O. The van der Waals surface area contributed by atoms with Gasteiger partial charge in [0.2, 0.25) is 0 Å². The number of rotatable bonds is 9. The number of likely N-dealkylation sites (tertiary alicyclic amines) is 1. The fourth-order valence-corrected chi connectivity index (χ4v) is 5.73. The van der Waals surface area contributed by atoms with Crippen molar-refractivity contribution in [2.75, 3.05) is 19.6 Å². The van der Waals surface area contributed by atoms with E-state index in [1.54, 1.807) is 12.1 Å². The Bertz CT molecular complexity index is 1390. The van der Waals surface area contributed by atoms with Crippen molar-refractivity contribution in [1.82, 2.24) is 9.47 Å². The number of ether oxygens (including phenoxy) is 1. The lowest BCUT2D eigenvalue weighted by atomic mass is 9.89. The first kappa shape index (κ1) is 27.6. The summed E-state index contributed by atoms with van der Waals surface area (Å²) in [4.78, 5) is 2.47. The largest absolute Gasteiger partial charge is 0.573 e. The molecule has 0 atom stereocenters. The van der Waals surface area contributed by atoms with E-state index in [0.29, 0.717) is 12.5 Å². The van der Waals surface area contributed by atoms with Gasteiger partial charge < -0.3 is 15.0 Å². The molecule has 206 valence electrons. The van der Waals surface area contributed by atoms with Crippen molar-refractivity contribution in [3.8, 4) is 16.9 Å². The molecule has 1 aliphatic rings. The van der Waals surface area contributed by atoms with Crippen LogP contribution < -0.4 is 10.5 Å². The fraction of sp³-hybridized carbons (Fsp3) is 0.355. The summed E-state index contributed by atoms with van der Waals surface area (Å²) in [5, 5.41) is 1.93. The maximum atomic E-state index is 12.6. The van der Waals surface area contributed by atoms with Gasteiger partial charge in [0.25, 0.3) is 0 Å². The highest BCUT2D eigenvalue weighted by atomic mass is 35.5. The van der Waals surface area contributed by atoms with Crippen molar-refractivity contribution in [2.45, 2.75) is 45.1 Å². The Morgan fingerprint density at radius 1 is 0.974 bits per heavy atom. The number of aryl methyl sites for hydroxylation is 1. The lowest BCUT2D eigenvalue weighted by Gasteiger charge is -2.32. The number of nitrogens with zero attached hydrogens (tertiary/aromatic N) is 2. The van der Waals surface area contributed by atoms with Crippen LogP contribution in [0, 0.1) is 5.92 Å². The second-order valence-electron chi connectivity index (χ2n) is 10.3. The van der Waals surface area contributed by atoms with Crippen LogP contribution in [-0.4, -0.2) is 35.5 Å². The molecule has 2 heterocycles. The molecule has 1 aliphatic heterocycles. The monoisotopic (exact) mass is 555 g/mol. The zero-order valence-corrected chi connectivity index (χ0v) is 22.5. The second kappa shape index (κ2) is 12.0. The van der Waals surface area contributed by atoms with Gasteiger partial charge in [0.05, 0.1) is 0 Å². The summed E-state index contributed by atoms with van der Waals surface area (Å²) >= 11 is 6.36. The molecule has 39 heavy (non-hydrogen) atoms. The summed E-state index contributed by atoms with van der Waals surface area (Å²) in [6, 6.07) is 20.8. The van der Waals surface area contributed by atoms with E-state index in [0.717, 1.165) is 78.9 Å². The molecule has 0 unspecified atom stereocenters. The van der Waals surface area contributed by atoms with Gasteiger partial charge in [0.15, 0.2) is 0 Å². The first-order chi connectivity index (χ1) is 18.8. The molecular weight excluding hydrogens is 523 g/mol. The van der Waals surface area contributed by atoms with Crippen LogP contribution in [0.25, 0.3) is 22.0 Å². The zero-order chi connectivity index (χ0) is 27.4. The standard InChI is InChI=1S/C31H33ClF3N3O/c32-29-5-2-1-4-25(29)20-37-16-12-22(13-17-37)18-23-6-11-30-27(19-23)28(21-38(30)15-3-14-36)24-7-9-26(10-8-24)39-31(33,34)35/h1-2,4-11,19,21-22H,3,12-18,20,36H2. The van der Waals surface area contributed by atoms with Crippen molar-refractivity contribution in [2.24, 2.45) is 11.7 Å². The number of piperidine rings is 1. The van der Waals surface area contributed by atoms with E-state index in [1.807, 2.05) is 18.2 Å². The minimum atomic E-state index is -4.71. The average molecular weight is 556 g/mol. The Morgan fingerprint density at radius 3 is 2.41 bits per heavy atom. The van der Waals surface area contributed by atoms with Crippen molar-refractivity contribution in [3.05, 3.63) is 89.1 Å². The number of alkyl halides is 3. The molecule has 0 saturated carbocycles. The third kappa shape index (κ3) is 6.96. The fourth-order valence-electron chi connectivity index (χ4n) is 5.53. The summed E-state index contributed by atoms with van der Waals surface area (Å²) < 4.78 is 44.1. The molecule has 0 spiro atoms. The summed E-state index contributed by atoms with van der Waals surface area (Å²) in [5.41, 5.74) is 11.2. The quantitative estimate of drug-likeness (QED) is 0.230. The summed E-state index contributed by atoms with van der Waals surface area (Å²) in [6.07, 6.45) is 1.48. The van der Waals surface area contributed by atoms with E-state index in [-0.39, 0.29) is 5.75 Å². The minimum absolute atomic E-state index is 0.223. The molecule has 1 fully saturated rings. The first-order valence-electron chi connectivity index (χ1n) is 13.4. The van der Waals surface area contributed by atoms with Crippen LogP contribution in [0.15, 0.2) is 72.9 Å². The Balaban J connectivity index is 1.32. The number of hydrogen-bond donors (Lipinski definition) is 1. The van der Waals surface area contributed by atoms with Gasteiger partial charge in [0.1, 0.15) is 5.75 Å². The van der Waals surface area contributed by atoms with Crippen LogP contribution in [0.3, 0.4) is 0 Å². The van der Waals surface area contributed by atoms with Gasteiger partial charge >= 0.3 is 6.36 Å². The normalized spacial score (nSPS) is 15.2. The molecule has 1 aromatic heterocycles. The molecule has 1 saturated heterocycles. The van der Waals surface area contributed by atoms with E-state index < -0.39 is 6.36 Å². The highest BCUT2D eigenvalue weighted by molar-refractivity contribution is 6.31. The minimum Gasteiger partial charge on any atom is -0.406 e. The third-order valence-corrected chi connectivity index (χ3v) is 7.90. The van der Waals surface area contributed by atoms with Crippen LogP contribution in [0.4, 0.5) is 13.2 Å². The van der Waals surface area contributed by atoms with E-state index >= 15 is 0 Å². The lowest BCUT2D eigenvalue weighted by molar-refractivity contribution is -0.274. The van der Waals surface area contributed by atoms with E-state index in [4.69, 9.17) is 17.3 Å². The third-order valence-electron chi connectivity index (χ3n) is 7.53. The summed E-state index contributed by atoms with van der Waals surface area (Å²) in [7, 11) is 0. The number of hydrogen-bond acceptors (Lipinski definition) is 3. The lowest BCUT2D eigenvalue weighted by Crippen LogP contribution is -2.33. The van der Waals surface area contributed by atoms with Crippen LogP contribution >= 0.6 is 11.6 Å². The molecule has 0 bridgehead atoms. The summed E-state index contributed by atoms with van der Waals surface area (Å²) in [6.45, 7) is 4.35. The predicted octanol–water partition coefficient (Wildman–Crippen LogP) is 7.66. The molecule has 3 aromatic carbocycles. The Hall–Kier alpha value is -3.00. The van der Waals surface area contributed by atoms with Gasteiger partial charge in [0, 0.05) is 40.8 Å². The van der Waals surface area contributed by atoms with Gasteiger partial charge in [-0.05, 0) is 98.3 Å². The number of halogens is 4. The predicted molar refractivity (Wildman–Crippen MR) is 151 cm³/mol. The Morgan fingerprint density at radius 2 is 1.72 bits per heavy atom. The van der Waals surface area contributed by atoms with Crippen LogP contribution in [0.2, 0.25) is 5.02 Å². The SMILES string of the molecule is NCCCn1cc(-c2ccc(OC(F)(F)F)cc2)c2cc(CC3CCN(Cc4ccccc4Cl)CC3)ccc21. The van der Waals surface area contributed by atoms with Gasteiger partial charge in [-0.3, -0.25) is 4.90 Å². The topological polar surface area (TPSA) is 43.4 Å². The molecule has 8 heteroatoms. The van der Waals surface area contributed by atoms with Crippen LogP contribution in [0.5, 0.6) is 5.75 Å². The van der Waals surface area contributed by atoms with Crippen LogP contribution in [0.1, 0.15) is 30.4 Å². The van der Waals surface area contributed by atoms with Crippen molar-refractivity contribution in [1.29, 1.82) is 0 Å². The smallest absolute Gasteiger partial charge is 0.406 e. The maximum Gasteiger partial charge on any atom is 0.573 e. The van der Waals surface area contributed by atoms with Crippen LogP contribution in [-0.2, 0) is 19.5 Å². The second-order valence-corrected chi connectivity index (χ2v) is 10.7. The summed E-state index contributed by atoms with van der Waals surface area (Å²) in [5.74, 6) is 0.381. The Labute approximate surface area is 232 Å². The van der Waals surface area contributed by atoms with Crippen molar-refractivity contribution >= 4 is 22.5 Å². The Kier molecular flexibility index (Phi) is 8.50. The van der Waals surface area contributed by atoms with Gasteiger partial charge in [-0.2, -0.15) is 0 Å². The van der Waals surface area contributed by atoms with E-state index in [2.05, 4.69) is 44.7 Å². The van der Waals surface area contributed by atoms with E-state index in [9.17, 15) is 13.2 Å². The number of fused-ring (bicyclic) bond motifs is 1. The zero-order valence-electron chi connectivity index (χ0n) is 21.8. The average Bonchev–Trinajstić information content (AvgIpc) is 3.27. The van der Waals surface area contributed by atoms with Gasteiger partial charge in [-0.25, -0.2) is 0 Å². The number of nitrogens with two attached hydrogens (primary N) is 1. The molecule has 2 N–H and O–H groups in total. The van der Waals surface area contributed by atoms with Gasteiger partial charge in [-0.1, -0.05) is 48.0 Å². The highest BCUT2D eigenvalue weighted by Crippen LogP contribution is 2.35.